The van der Waals surface area contributed by atoms with Crippen molar-refractivity contribution in [1.82, 2.24) is 24.8 Å². The average molecular weight is 574 g/mol. The lowest BCUT2D eigenvalue weighted by Gasteiger charge is -2.42. The second-order valence-electron chi connectivity index (χ2n) is 11.7. The topological polar surface area (TPSA) is 106 Å². The number of piperazine rings is 1. The molecule has 10 nitrogen and oxygen atoms in total. The number of carbonyl (C=O) groups is 1. The van der Waals surface area contributed by atoms with E-state index in [1.165, 1.54) is 18.5 Å². The van der Waals surface area contributed by atoms with Gasteiger partial charge in [0, 0.05) is 19.6 Å². The summed E-state index contributed by atoms with van der Waals surface area (Å²) in [5, 5.41) is 2.70. The van der Waals surface area contributed by atoms with Gasteiger partial charge in [-0.15, -0.1) is 0 Å². The van der Waals surface area contributed by atoms with Gasteiger partial charge in [0.05, 0.1) is 17.4 Å². The molecule has 0 radical (unpaired) electrons. The molecule has 2 saturated carbocycles. The number of rotatable bonds is 6. The Kier molecular flexibility index (Phi) is 6.36. The van der Waals surface area contributed by atoms with Gasteiger partial charge in [0.1, 0.15) is 46.0 Å². The van der Waals surface area contributed by atoms with E-state index in [2.05, 4.69) is 20.3 Å². The summed E-state index contributed by atoms with van der Waals surface area (Å²) in [6, 6.07) is 2.94. The molecule has 1 aromatic carbocycles. The molecule has 0 unspecified atom stereocenters. The van der Waals surface area contributed by atoms with Crippen molar-refractivity contribution in [3.05, 3.63) is 35.5 Å². The van der Waals surface area contributed by atoms with Crippen LogP contribution in [0.1, 0.15) is 46.5 Å². The third-order valence-corrected chi connectivity index (χ3v) is 7.67. The number of alkyl halides is 1. The van der Waals surface area contributed by atoms with E-state index >= 15 is 4.39 Å². The highest BCUT2D eigenvalue weighted by atomic mass is 35.5. The fraction of sp³-hybridized carbons (Fsp3) is 0.519. The van der Waals surface area contributed by atoms with Crippen LogP contribution in [0.2, 0.25) is 5.02 Å². The summed E-state index contributed by atoms with van der Waals surface area (Å²) in [6.07, 6.45) is 5.22. The van der Waals surface area contributed by atoms with E-state index in [1.54, 1.807) is 6.20 Å². The molecule has 1 amide bonds. The molecular formula is C27H30ClF2N7O3. The molecule has 2 aromatic heterocycles. The third kappa shape index (κ3) is 5.28. The number of nitrogens with zero attached hydrogens (tertiary/aromatic N) is 6. The van der Waals surface area contributed by atoms with E-state index in [0.29, 0.717) is 49.5 Å². The van der Waals surface area contributed by atoms with Crippen LogP contribution in [0.25, 0.3) is 11.0 Å². The molecule has 212 valence electrons. The monoisotopic (exact) mass is 573 g/mol. The number of nitrogens with one attached hydrogen (secondary N) is 1. The summed E-state index contributed by atoms with van der Waals surface area (Å²) in [5.41, 5.74) is -1.30. The Bertz CT molecular complexity index is 1480. The first-order chi connectivity index (χ1) is 19.0. The van der Waals surface area contributed by atoms with Crippen LogP contribution in [0.3, 0.4) is 0 Å². The molecule has 6 rings (SSSR count). The molecule has 1 N–H and O–H groups in total. The van der Waals surface area contributed by atoms with Crippen molar-refractivity contribution in [3.63, 3.8) is 0 Å². The first-order valence-electron chi connectivity index (χ1n) is 13.3. The van der Waals surface area contributed by atoms with E-state index in [1.807, 2.05) is 30.6 Å². The summed E-state index contributed by atoms with van der Waals surface area (Å²) >= 11 is 6.20. The first kappa shape index (κ1) is 26.7. The summed E-state index contributed by atoms with van der Waals surface area (Å²) in [4.78, 5) is 34.4. The van der Waals surface area contributed by atoms with Crippen molar-refractivity contribution in [3.8, 4) is 5.75 Å². The fourth-order valence-corrected chi connectivity index (χ4v) is 4.98. The van der Waals surface area contributed by atoms with E-state index < -0.39 is 17.1 Å². The molecule has 2 aliphatic carbocycles. The number of hydrogen-bond acceptors (Lipinski definition) is 9. The van der Waals surface area contributed by atoms with Crippen molar-refractivity contribution < 1.29 is 23.0 Å². The Hall–Kier alpha value is -3.54. The molecular weight excluding hydrogens is 544 g/mol. The fourth-order valence-electron chi connectivity index (χ4n) is 4.77. The van der Waals surface area contributed by atoms with Gasteiger partial charge in [0.2, 0.25) is 5.95 Å². The van der Waals surface area contributed by atoms with Crippen LogP contribution < -0.4 is 15.0 Å². The number of halogens is 3. The van der Waals surface area contributed by atoms with Gasteiger partial charge in [-0.05, 0) is 58.6 Å². The van der Waals surface area contributed by atoms with Gasteiger partial charge in [-0.25, -0.2) is 33.5 Å². The van der Waals surface area contributed by atoms with Crippen LogP contribution in [0.4, 0.5) is 31.0 Å². The van der Waals surface area contributed by atoms with Gasteiger partial charge in [-0.3, -0.25) is 4.90 Å². The van der Waals surface area contributed by atoms with Crippen LogP contribution in [-0.2, 0) is 4.74 Å². The maximum absolute atomic E-state index is 15.2. The molecule has 3 heterocycles. The van der Waals surface area contributed by atoms with Crippen molar-refractivity contribution in [2.75, 3.05) is 36.5 Å². The van der Waals surface area contributed by atoms with E-state index in [9.17, 15) is 9.18 Å². The van der Waals surface area contributed by atoms with Gasteiger partial charge in [0.15, 0.2) is 11.6 Å². The number of hydrogen-bond donors (Lipinski definition) is 1. The second-order valence-corrected chi connectivity index (χ2v) is 12.1. The van der Waals surface area contributed by atoms with Gasteiger partial charge < -0.3 is 19.7 Å². The highest BCUT2D eigenvalue weighted by Crippen LogP contribution is 2.45. The number of fused-ring (bicyclic) bond motifs is 1. The Labute approximate surface area is 235 Å². The van der Waals surface area contributed by atoms with E-state index in [4.69, 9.17) is 26.1 Å². The number of amides is 1. The lowest BCUT2D eigenvalue weighted by Crippen LogP contribution is -2.58. The highest BCUT2D eigenvalue weighted by molar-refractivity contribution is 6.32. The average Bonchev–Trinajstić information content (AvgIpc) is 3.84. The maximum atomic E-state index is 15.2. The number of carbonyl (C=O) groups excluding carboxylic acids is 1. The first-order valence-corrected chi connectivity index (χ1v) is 13.6. The molecule has 40 heavy (non-hydrogen) atoms. The molecule has 3 fully saturated rings. The largest absolute Gasteiger partial charge is 0.489 e. The number of anilines is 3. The number of aromatic nitrogens is 4. The van der Waals surface area contributed by atoms with Gasteiger partial charge in [-0.2, -0.15) is 0 Å². The zero-order valence-electron chi connectivity index (χ0n) is 22.5. The quantitative estimate of drug-likeness (QED) is 0.413. The van der Waals surface area contributed by atoms with Crippen LogP contribution in [0.15, 0.2) is 24.7 Å². The van der Waals surface area contributed by atoms with Crippen molar-refractivity contribution in [2.24, 2.45) is 0 Å². The van der Waals surface area contributed by atoms with Gasteiger partial charge in [0.25, 0.3) is 0 Å². The van der Waals surface area contributed by atoms with Crippen LogP contribution in [0, 0.1) is 5.82 Å². The Morgan fingerprint density at radius 2 is 1.93 bits per heavy atom. The molecule has 1 spiro atoms. The molecule has 3 aromatic rings. The lowest BCUT2D eigenvalue weighted by molar-refractivity contribution is 0.0105. The summed E-state index contributed by atoms with van der Waals surface area (Å²) in [6.45, 7) is 6.98. The van der Waals surface area contributed by atoms with Crippen molar-refractivity contribution in [2.45, 2.75) is 63.3 Å². The van der Waals surface area contributed by atoms with Crippen LogP contribution in [0.5, 0.6) is 5.75 Å². The number of ether oxygens (including phenoxy) is 2. The summed E-state index contributed by atoms with van der Waals surface area (Å²) < 4.78 is 40.1. The van der Waals surface area contributed by atoms with Gasteiger partial charge >= 0.3 is 6.09 Å². The summed E-state index contributed by atoms with van der Waals surface area (Å²) in [5.74, 6) is 0.0534. The minimum absolute atomic E-state index is 0.0572. The molecule has 13 heteroatoms. The van der Waals surface area contributed by atoms with Crippen LogP contribution in [-0.4, -0.2) is 74.0 Å². The van der Waals surface area contributed by atoms with Crippen molar-refractivity contribution in [1.29, 1.82) is 0 Å². The predicted molar refractivity (Wildman–Crippen MR) is 146 cm³/mol. The predicted octanol–water partition coefficient (Wildman–Crippen LogP) is 5.43. The molecule has 0 bridgehead atoms. The SMILES string of the molecule is CC(C)(C)OC(=O)N1CCN(c2ncc3ncnc(Nc4ccc(OCC5(F)CC5)c(Cl)c4F)c3n2)CC12CC2. The van der Waals surface area contributed by atoms with E-state index in [-0.39, 0.29) is 40.5 Å². The third-order valence-electron chi connectivity index (χ3n) is 7.32. The zero-order chi connectivity index (χ0) is 28.3. The molecule has 1 saturated heterocycles. The smallest absolute Gasteiger partial charge is 0.410 e. The normalized spacial score (nSPS) is 19.1. The maximum Gasteiger partial charge on any atom is 0.410 e. The Morgan fingerprint density at radius 3 is 2.62 bits per heavy atom. The Morgan fingerprint density at radius 1 is 1.15 bits per heavy atom. The standard InChI is InChI=1S/C27H30ClF2N7O3/c1-25(2,3)40-24(38)37-11-10-36(13-27(37)8-9-27)23-31-12-17-21(35-23)22(33-15-32-17)34-16-4-5-18(19(28)20(16)29)39-14-26(30)6-7-26/h4-5,12,15H,6-11,13-14H2,1-3H3,(H,32,33,34). The second kappa shape index (κ2) is 9.53. The molecule has 0 atom stereocenters. The van der Waals surface area contributed by atoms with E-state index in [0.717, 1.165) is 12.8 Å². The zero-order valence-corrected chi connectivity index (χ0v) is 23.3. The number of benzene rings is 1. The minimum atomic E-state index is -1.35. The lowest BCUT2D eigenvalue weighted by atomic mass is 10.1. The molecule has 1 aliphatic heterocycles. The van der Waals surface area contributed by atoms with Gasteiger partial charge in [-0.1, -0.05) is 11.6 Å². The molecule has 3 aliphatic rings. The Balaban J connectivity index is 1.22. The minimum Gasteiger partial charge on any atom is -0.489 e. The summed E-state index contributed by atoms with van der Waals surface area (Å²) in [7, 11) is 0. The van der Waals surface area contributed by atoms with Crippen LogP contribution >= 0.6 is 11.6 Å². The highest BCUT2D eigenvalue weighted by Gasteiger charge is 2.54. The van der Waals surface area contributed by atoms with Crippen molar-refractivity contribution >= 4 is 46.2 Å².